The first-order chi connectivity index (χ1) is 12.1. The first-order valence-corrected chi connectivity index (χ1v) is 8.85. The van der Waals surface area contributed by atoms with Crippen molar-refractivity contribution in [2.24, 2.45) is 5.92 Å². The van der Waals surface area contributed by atoms with E-state index in [1.165, 1.54) is 0 Å². The van der Waals surface area contributed by atoms with Crippen LogP contribution >= 0.6 is 0 Å². The number of piperidine rings is 1. The molecular formula is C19H24N2O4. The zero-order chi connectivity index (χ0) is 17.6. The van der Waals surface area contributed by atoms with Crippen molar-refractivity contribution in [2.45, 2.75) is 38.2 Å². The molecule has 1 saturated heterocycles. The van der Waals surface area contributed by atoms with E-state index in [1.54, 1.807) is 6.20 Å². The Morgan fingerprint density at radius 1 is 1.24 bits per heavy atom. The fourth-order valence-electron chi connectivity index (χ4n) is 3.50. The molecule has 134 valence electrons. The van der Waals surface area contributed by atoms with Crippen LogP contribution < -0.4 is 5.32 Å². The number of ether oxygens (including phenoxy) is 1. The van der Waals surface area contributed by atoms with Crippen LogP contribution in [-0.4, -0.2) is 41.2 Å². The second-order valence-electron chi connectivity index (χ2n) is 6.57. The molecule has 2 heterocycles. The summed E-state index contributed by atoms with van der Waals surface area (Å²) in [7, 11) is 0. The molecule has 1 aliphatic rings. The summed E-state index contributed by atoms with van der Waals surface area (Å²) in [4.78, 5) is 26.6. The maximum atomic E-state index is 12.7. The number of esters is 1. The fraction of sp³-hybridized carbons (Fsp3) is 0.474. The van der Waals surface area contributed by atoms with E-state index >= 15 is 0 Å². The first-order valence-electron chi connectivity index (χ1n) is 8.85. The first kappa shape index (κ1) is 17.5. The van der Waals surface area contributed by atoms with Gasteiger partial charge >= 0.3 is 11.9 Å². The highest BCUT2D eigenvalue weighted by Gasteiger charge is 2.28. The summed E-state index contributed by atoms with van der Waals surface area (Å²) in [6.07, 6.45) is 4.55. The Hall–Kier alpha value is -2.34. The molecule has 1 aromatic heterocycles. The molecular weight excluding hydrogens is 320 g/mol. The largest absolute Gasteiger partial charge is 0.481 e. The maximum Gasteiger partial charge on any atom is 0.340 e. The number of fused-ring (bicyclic) bond motifs is 1. The van der Waals surface area contributed by atoms with Crippen LogP contribution in [0.2, 0.25) is 0 Å². The van der Waals surface area contributed by atoms with Gasteiger partial charge in [0.05, 0.1) is 5.56 Å². The average molecular weight is 344 g/mol. The lowest BCUT2D eigenvalue weighted by atomic mass is 9.89. The third kappa shape index (κ3) is 4.39. The normalized spacial score (nSPS) is 16.6. The van der Waals surface area contributed by atoms with E-state index in [9.17, 15) is 9.59 Å². The Morgan fingerprint density at radius 3 is 2.76 bits per heavy atom. The van der Waals surface area contributed by atoms with Gasteiger partial charge < -0.3 is 20.1 Å². The highest BCUT2D eigenvalue weighted by molar-refractivity contribution is 6.04. The minimum Gasteiger partial charge on any atom is -0.481 e. The minimum absolute atomic E-state index is 0.103. The van der Waals surface area contributed by atoms with Gasteiger partial charge in [0, 0.05) is 23.5 Å². The number of para-hydroxylation sites is 1. The van der Waals surface area contributed by atoms with Crippen LogP contribution in [0.4, 0.5) is 0 Å². The number of hydrogen-bond donors (Lipinski definition) is 3. The van der Waals surface area contributed by atoms with Gasteiger partial charge in [0.15, 0.2) is 0 Å². The van der Waals surface area contributed by atoms with Crippen LogP contribution in [-0.2, 0) is 9.53 Å². The number of benzene rings is 1. The Kier molecular flexibility index (Phi) is 5.71. The number of carboxylic acids is 1. The van der Waals surface area contributed by atoms with Crippen LogP contribution in [0.1, 0.15) is 42.5 Å². The van der Waals surface area contributed by atoms with E-state index in [0.717, 1.165) is 36.8 Å². The molecule has 6 nitrogen and oxygen atoms in total. The molecule has 1 atom stereocenters. The van der Waals surface area contributed by atoms with Crippen molar-refractivity contribution in [3.05, 3.63) is 36.0 Å². The second kappa shape index (κ2) is 8.16. The number of aliphatic carboxylic acids is 1. The van der Waals surface area contributed by atoms with Crippen molar-refractivity contribution in [3.8, 4) is 0 Å². The lowest BCUT2D eigenvalue weighted by Gasteiger charge is -2.30. The van der Waals surface area contributed by atoms with E-state index in [-0.39, 0.29) is 24.4 Å². The SMILES string of the molecule is O=C(O)CCCC(OC(=O)c1c[nH]c2ccccc12)C1CCNCC1. The number of carbonyl (C=O) groups is 2. The van der Waals surface area contributed by atoms with Gasteiger partial charge in [-0.3, -0.25) is 4.79 Å². The smallest absolute Gasteiger partial charge is 0.340 e. The van der Waals surface area contributed by atoms with Gasteiger partial charge in [-0.05, 0) is 50.8 Å². The summed E-state index contributed by atoms with van der Waals surface area (Å²) in [6, 6.07) is 7.62. The van der Waals surface area contributed by atoms with Crippen LogP contribution in [0.25, 0.3) is 10.9 Å². The summed E-state index contributed by atoms with van der Waals surface area (Å²) in [6.45, 7) is 1.81. The van der Waals surface area contributed by atoms with Gasteiger partial charge in [0.25, 0.3) is 0 Å². The molecule has 0 radical (unpaired) electrons. The van der Waals surface area contributed by atoms with Crippen molar-refractivity contribution < 1.29 is 19.4 Å². The van der Waals surface area contributed by atoms with Crippen LogP contribution in [0.3, 0.4) is 0 Å². The topological polar surface area (TPSA) is 91.4 Å². The maximum absolute atomic E-state index is 12.7. The molecule has 0 aliphatic carbocycles. The molecule has 1 unspecified atom stereocenters. The van der Waals surface area contributed by atoms with Gasteiger partial charge in [0.1, 0.15) is 6.10 Å². The van der Waals surface area contributed by atoms with E-state index in [0.29, 0.717) is 18.4 Å². The summed E-state index contributed by atoms with van der Waals surface area (Å²) in [5.74, 6) is -0.868. The highest BCUT2D eigenvalue weighted by Crippen LogP contribution is 2.26. The molecule has 1 fully saturated rings. The molecule has 0 saturated carbocycles. The van der Waals surface area contributed by atoms with E-state index in [2.05, 4.69) is 10.3 Å². The van der Waals surface area contributed by atoms with Gasteiger partial charge in [-0.15, -0.1) is 0 Å². The van der Waals surface area contributed by atoms with Crippen molar-refractivity contribution in [1.82, 2.24) is 10.3 Å². The average Bonchev–Trinajstić information content (AvgIpc) is 3.05. The minimum atomic E-state index is -0.813. The molecule has 0 amide bonds. The van der Waals surface area contributed by atoms with Gasteiger partial charge in [-0.25, -0.2) is 4.79 Å². The number of hydrogen-bond acceptors (Lipinski definition) is 4. The number of nitrogens with one attached hydrogen (secondary N) is 2. The van der Waals surface area contributed by atoms with Crippen LogP contribution in [0.5, 0.6) is 0 Å². The second-order valence-corrected chi connectivity index (χ2v) is 6.57. The number of carbonyl (C=O) groups excluding carboxylic acids is 1. The molecule has 3 rings (SSSR count). The molecule has 2 aromatic rings. The van der Waals surface area contributed by atoms with E-state index in [1.807, 2.05) is 24.3 Å². The quantitative estimate of drug-likeness (QED) is 0.672. The zero-order valence-electron chi connectivity index (χ0n) is 14.2. The number of aromatic nitrogens is 1. The highest BCUT2D eigenvalue weighted by atomic mass is 16.5. The predicted octanol–water partition coefficient (Wildman–Crippen LogP) is 2.95. The van der Waals surface area contributed by atoms with Crippen molar-refractivity contribution in [2.75, 3.05) is 13.1 Å². The number of H-pyrrole nitrogens is 1. The lowest BCUT2D eigenvalue weighted by molar-refractivity contribution is -0.137. The molecule has 1 aliphatic heterocycles. The number of aromatic amines is 1. The van der Waals surface area contributed by atoms with E-state index in [4.69, 9.17) is 9.84 Å². The van der Waals surface area contributed by atoms with Crippen LogP contribution in [0.15, 0.2) is 30.5 Å². The molecule has 25 heavy (non-hydrogen) atoms. The van der Waals surface area contributed by atoms with Gasteiger partial charge in [-0.2, -0.15) is 0 Å². The summed E-state index contributed by atoms with van der Waals surface area (Å²) in [5.41, 5.74) is 1.44. The predicted molar refractivity (Wildman–Crippen MR) is 94.6 cm³/mol. The lowest BCUT2D eigenvalue weighted by Crippen LogP contribution is -2.36. The third-order valence-electron chi connectivity index (χ3n) is 4.86. The molecule has 1 aromatic carbocycles. The Balaban J connectivity index is 1.71. The van der Waals surface area contributed by atoms with E-state index < -0.39 is 5.97 Å². The molecule has 3 N–H and O–H groups in total. The number of carboxylic acid groups (broad SMARTS) is 1. The summed E-state index contributed by atoms with van der Waals surface area (Å²) >= 11 is 0. The van der Waals surface area contributed by atoms with Gasteiger partial charge in [-0.1, -0.05) is 18.2 Å². The Labute approximate surface area is 146 Å². The molecule has 0 bridgehead atoms. The number of rotatable bonds is 7. The molecule has 6 heteroatoms. The molecule has 0 spiro atoms. The summed E-state index contributed by atoms with van der Waals surface area (Å²) in [5, 5.41) is 13.0. The zero-order valence-corrected chi connectivity index (χ0v) is 14.2. The standard InChI is InChI=1S/C19H24N2O4/c22-18(23)7-3-6-17(13-8-10-20-11-9-13)25-19(24)15-12-21-16-5-2-1-4-14(15)16/h1-2,4-5,12-13,17,20-21H,3,6-11H2,(H,22,23). The Morgan fingerprint density at radius 2 is 2.00 bits per heavy atom. The third-order valence-corrected chi connectivity index (χ3v) is 4.86. The van der Waals surface area contributed by atoms with Crippen molar-refractivity contribution >= 4 is 22.8 Å². The van der Waals surface area contributed by atoms with Crippen molar-refractivity contribution in [1.29, 1.82) is 0 Å². The fourth-order valence-corrected chi connectivity index (χ4v) is 3.50. The van der Waals surface area contributed by atoms with Crippen molar-refractivity contribution in [3.63, 3.8) is 0 Å². The van der Waals surface area contributed by atoms with Gasteiger partial charge in [0.2, 0.25) is 0 Å². The van der Waals surface area contributed by atoms with Crippen LogP contribution in [0, 0.1) is 5.92 Å². The summed E-state index contributed by atoms with van der Waals surface area (Å²) < 4.78 is 5.84. The Bertz CT molecular complexity index is 734. The monoisotopic (exact) mass is 344 g/mol.